The van der Waals surface area contributed by atoms with Crippen LogP contribution in [-0.4, -0.2) is 29.1 Å². The Morgan fingerprint density at radius 3 is 3.14 bits per heavy atom. The molecule has 1 aromatic carbocycles. The lowest BCUT2D eigenvalue weighted by atomic mass is 9.71. The first-order valence-corrected chi connectivity index (χ1v) is 8.61. The molecular formula is C16H15ClN2OS. The molecule has 6 rings (SSSR count). The zero-order chi connectivity index (χ0) is 14.0. The number of ether oxygens (including phenoxy) is 1. The lowest BCUT2D eigenvalue weighted by Crippen LogP contribution is -2.53. The van der Waals surface area contributed by atoms with E-state index in [9.17, 15) is 0 Å². The molecule has 1 saturated heterocycles. The normalized spacial score (nSPS) is 30.0. The summed E-state index contributed by atoms with van der Waals surface area (Å²) in [5.74, 6) is 1.48. The fourth-order valence-electron chi connectivity index (χ4n) is 4.08. The number of piperidine rings is 1. The van der Waals surface area contributed by atoms with E-state index >= 15 is 0 Å². The quantitative estimate of drug-likeness (QED) is 0.838. The van der Waals surface area contributed by atoms with Gasteiger partial charge in [-0.05, 0) is 42.5 Å². The standard InChI is InChI=1S/C16H15ClN2OS/c17-12-1-2-13-14(5-12)21-16(18-13)20-15-10-3-9-4-11(15)8-19(6-9)7-10/h1-2,5,7,9,11,15H,3-4,6,8H2/t9?,11?,15-/m0/s1. The lowest BCUT2D eigenvalue weighted by molar-refractivity contribution is 0.0277. The van der Waals surface area contributed by atoms with Crippen molar-refractivity contribution >= 4 is 33.2 Å². The molecule has 3 nitrogen and oxygen atoms in total. The van der Waals surface area contributed by atoms with E-state index in [0.717, 1.165) is 32.9 Å². The van der Waals surface area contributed by atoms with Gasteiger partial charge >= 0.3 is 0 Å². The number of fused-ring (bicyclic) bond motifs is 1. The van der Waals surface area contributed by atoms with Crippen molar-refractivity contribution in [2.24, 2.45) is 11.8 Å². The summed E-state index contributed by atoms with van der Waals surface area (Å²) in [6.45, 7) is 2.38. The monoisotopic (exact) mass is 318 g/mol. The highest BCUT2D eigenvalue weighted by molar-refractivity contribution is 7.20. The van der Waals surface area contributed by atoms with Crippen molar-refractivity contribution in [3.63, 3.8) is 0 Å². The smallest absolute Gasteiger partial charge is 0.274 e. The maximum atomic E-state index is 6.29. The highest BCUT2D eigenvalue weighted by Gasteiger charge is 2.44. The fraction of sp³-hybridized carbons (Fsp3) is 0.438. The minimum atomic E-state index is 0.230. The van der Waals surface area contributed by atoms with E-state index in [1.54, 1.807) is 11.3 Å². The molecule has 2 fully saturated rings. The van der Waals surface area contributed by atoms with Gasteiger partial charge in [-0.2, -0.15) is 0 Å². The molecule has 3 atom stereocenters. The van der Waals surface area contributed by atoms with Crippen LogP contribution < -0.4 is 4.74 Å². The summed E-state index contributed by atoms with van der Waals surface area (Å²) in [5.41, 5.74) is 2.44. The summed E-state index contributed by atoms with van der Waals surface area (Å²) >= 11 is 7.64. The Morgan fingerprint density at radius 2 is 2.29 bits per heavy atom. The van der Waals surface area contributed by atoms with Crippen molar-refractivity contribution in [2.45, 2.75) is 18.9 Å². The average Bonchev–Trinajstić information content (AvgIpc) is 2.83. The van der Waals surface area contributed by atoms with Crippen molar-refractivity contribution in [1.29, 1.82) is 0 Å². The minimum Gasteiger partial charge on any atom is -0.462 e. The van der Waals surface area contributed by atoms with Crippen LogP contribution in [0, 0.1) is 11.8 Å². The SMILES string of the molecule is Clc1ccc2nc(O[C@H]3C4=CN5CC(C4)CC3C5)sc2c1. The predicted octanol–water partition coefficient (Wildman–Crippen LogP) is 3.94. The largest absolute Gasteiger partial charge is 0.462 e. The molecule has 5 heteroatoms. The van der Waals surface area contributed by atoms with Crippen molar-refractivity contribution in [2.75, 3.05) is 13.1 Å². The van der Waals surface area contributed by atoms with E-state index in [-0.39, 0.29) is 6.10 Å². The molecule has 1 aliphatic carbocycles. The van der Waals surface area contributed by atoms with Gasteiger partial charge in [0.05, 0.1) is 10.2 Å². The maximum Gasteiger partial charge on any atom is 0.274 e. The van der Waals surface area contributed by atoms with E-state index in [0.29, 0.717) is 5.92 Å². The summed E-state index contributed by atoms with van der Waals surface area (Å²) < 4.78 is 7.38. The van der Waals surface area contributed by atoms with Crippen LogP contribution in [-0.2, 0) is 0 Å². The predicted molar refractivity (Wildman–Crippen MR) is 84.9 cm³/mol. The van der Waals surface area contributed by atoms with Gasteiger partial charge in [-0.15, -0.1) is 0 Å². The molecule has 0 amide bonds. The van der Waals surface area contributed by atoms with Gasteiger partial charge in [-0.1, -0.05) is 22.9 Å². The molecule has 2 unspecified atom stereocenters. The number of rotatable bonds is 2. The molecule has 2 aromatic rings. The molecule has 0 N–H and O–H groups in total. The Kier molecular flexibility index (Phi) is 2.56. The number of hydrogen-bond donors (Lipinski definition) is 0. The lowest BCUT2D eigenvalue weighted by Gasteiger charge is -2.50. The van der Waals surface area contributed by atoms with Crippen molar-refractivity contribution in [1.82, 2.24) is 9.88 Å². The highest BCUT2D eigenvalue weighted by atomic mass is 35.5. The van der Waals surface area contributed by atoms with Gasteiger partial charge in [0.2, 0.25) is 0 Å². The van der Waals surface area contributed by atoms with Crippen LogP contribution in [0.15, 0.2) is 30.0 Å². The third-order valence-corrected chi connectivity index (χ3v) is 5.97. The molecule has 1 saturated carbocycles. The number of thiazole rings is 1. The van der Waals surface area contributed by atoms with E-state index in [1.807, 2.05) is 18.2 Å². The Morgan fingerprint density at radius 1 is 1.33 bits per heavy atom. The topological polar surface area (TPSA) is 25.4 Å². The van der Waals surface area contributed by atoms with Crippen LogP contribution >= 0.6 is 22.9 Å². The van der Waals surface area contributed by atoms with Gasteiger partial charge in [0.15, 0.2) is 0 Å². The summed E-state index contributed by atoms with van der Waals surface area (Å²) in [6.07, 6.45) is 5.05. The summed E-state index contributed by atoms with van der Waals surface area (Å²) in [4.78, 5) is 7.07. The molecule has 21 heavy (non-hydrogen) atoms. The summed E-state index contributed by atoms with van der Waals surface area (Å²) in [7, 11) is 0. The van der Waals surface area contributed by atoms with Gasteiger partial charge < -0.3 is 9.64 Å². The minimum absolute atomic E-state index is 0.230. The van der Waals surface area contributed by atoms with Gasteiger partial charge in [0.1, 0.15) is 6.10 Å². The number of hydrogen-bond acceptors (Lipinski definition) is 4. The first-order chi connectivity index (χ1) is 10.2. The second kappa shape index (κ2) is 4.37. The molecule has 4 heterocycles. The third-order valence-electron chi connectivity index (χ3n) is 4.82. The molecular weight excluding hydrogens is 304 g/mol. The van der Waals surface area contributed by atoms with Gasteiger partial charge in [0.25, 0.3) is 5.19 Å². The van der Waals surface area contributed by atoms with E-state index in [1.165, 1.54) is 25.0 Å². The fourth-order valence-corrected chi connectivity index (χ4v) is 5.20. The maximum absolute atomic E-state index is 6.29. The second-order valence-corrected chi connectivity index (χ2v) is 7.78. The number of aromatic nitrogens is 1. The zero-order valence-corrected chi connectivity index (χ0v) is 13.0. The second-order valence-electron chi connectivity index (χ2n) is 6.35. The van der Waals surface area contributed by atoms with Gasteiger partial charge in [-0.3, -0.25) is 0 Å². The van der Waals surface area contributed by atoms with Crippen LogP contribution in [0.3, 0.4) is 0 Å². The Balaban J connectivity index is 1.47. The Bertz CT molecular complexity index is 756. The molecule has 4 bridgehead atoms. The summed E-state index contributed by atoms with van der Waals surface area (Å²) in [5, 5.41) is 1.53. The van der Waals surface area contributed by atoms with Gasteiger partial charge in [-0.25, -0.2) is 4.98 Å². The Hall–Kier alpha value is -1.26. The molecule has 4 aliphatic rings. The highest BCUT2D eigenvalue weighted by Crippen LogP contribution is 2.44. The first-order valence-electron chi connectivity index (χ1n) is 7.42. The molecule has 0 radical (unpaired) electrons. The van der Waals surface area contributed by atoms with Crippen molar-refractivity contribution < 1.29 is 4.74 Å². The number of nitrogens with zero attached hydrogens (tertiary/aromatic N) is 2. The molecule has 3 aliphatic heterocycles. The average molecular weight is 319 g/mol. The number of halogens is 1. The van der Waals surface area contributed by atoms with E-state index in [4.69, 9.17) is 16.3 Å². The molecule has 0 spiro atoms. The third kappa shape index (κ3) is 1.96. The van der Waals surface area contributed by atoms with E-state index < -0.39 is 0 Å². The van der Waals surface area contributed by atoms with Crippen LogP contribution in [0.5, 0.6) is 5.19 Å². The van der Waals surface area contributed by atoms with Gasteiger partial charge in [0, 0.05) is 30.2 Å². The van der Waals surface area contributed by atoms with Crippen LogP contribution in [0.1, 0.15) is 12.8 Å². The Labute approximate surface area is 132 Å². The van der Waals surface area contributed by atoms with Crippen molar-refractivity contribution in [3.05, 3.63) is 35.0 Å². The van der Waals surface area contributed by atoms with Crippen LogP contribution in [0.4, 0.5) is 0 Å². The molecule has 108 valence electrons. The van der Waals surface area contributed by atoms with E-state index in [2.05, 4.69) is 16.1 Å². The first kappa shape index (κ1) is 12.3. The van der Waals surface area contributed by atoms with Crippen LogP contribution in [0.2, 0.25) is 5.02 Å². The molecule has 1 aromatic heterocycles. The number of benzene rings is 1. The van der Waals surface area contributed by atoms with Crippen molar-refractivity contribution in [3.8, 4) is 5.19 Å². The zero-order valence-electron chi connectivity index (χ0n) is 11.5. The summed E-state index contributed by atoms with van der Waals surface area (Å²) in [6, 6.07) is 5.80. The van der Waals surface area contributed by atoms with Crippen LogP contribution in [0.25, 0.3) is 10.2 Å².